The monoisotopic (exact) mass is 289 g/mol. The highest BCUT2D eigenvalue weighted by atomic mass is 35.5. The van der Waals surface area contributed by atoms with Crippen molar-refractivity contribution in [1.29, 1.82) is 0 Å². The lowest BCUT2D eigenvalue weighted by molar-refractivity contribution is 0.340. The van der Waals surface area contributed by atoms with Crippen molar-refractivity contribution in [1.82, 2.24) is 5.32 Å². The molecular formula is C17H20ClNO. The maximum atomic E-state index is 6.32. The quantitative estimate of drug-likeness (QED) is 0.849. The van der Waals surface area contributed by atoms with Crippen molar-refractivity contribution in [3.05, 3.63) is 64.7 Å². The number of hydrogen-bond donors (Lipinski definition) is 1. The van der Waals surface area contributed by atoms with Crippen LogP contribution in [0.1, 0.15) is 31.0 Å². The van der Waals surface area contributed by atoms with Gasteiger partial charge in [0.2, 0.25) is 0 Å². The lowest BCUT2D eigenvalue weighted by Gasteiger charge is -2.20. The third kappa shape index (κ3) is 3.53. The highest BCUT2D eigenvalue weighted by Crippen LogP contribution is 2.29. The van der Waals surface area contributed by atoms with E-state index in [1.54, 1.807) is 0 Å². The van der Waals surface area contributed by atoms with Gasteiger partial charge in [-0.1, -0.05) is 48.9 Å². The lowest BCUT2D eigenvalue weighted by Crippen LogP contribution is -2.22. The molecule has 0 aliphatic heterocycles. The Morgan fingerprint density at radius 2 is 1.75 bits per heavy atom. The lowest BCUT2D eigenvalue weighted by atomic mass is 9.98. The van der Waals surface area contributed by atoms with Gasteiger partial charge in [-0.25, -0.2) is 0 Å². The number of ether oxygens (including phenoxy) is 1. The van der Waals surface area contributed by atoms with E-state index in [1.807, 2.05) is 37.3 Å². The van der Waals surface area contributed by atoms with E-state index in [0.717, 1.165) is 22.9 Å². The predicted octanol–water partition coefficient (Wildman–Crippen LogP) is 4.44. The van der Waals surface area contributed by atoms with E-state index >= 15 is 0 Å². The Labute approximate surface area is 125 Å². The van der Waals surface area contributed by atoms with Crippen LogP contribution < -0.4 is 10.1 Å². The Bertz CT molecular complexity index is 539. The number of nitrogens with one attached hydrogen (secondary N) is 1. The summed E-state index contributed by atoms with van der Waals surface area (Å²) < 4.78 is 5.48. The molecule has 0 aliphatic carbocycles. The zero-order valence-electron chi connectivity index (χ0n) is 11.9. The van der Waals surface area contributed by atoms with Crippen LogP contribution in [0, 0.1) is 0 Å². The van der Waals surface area contributed by atoms with Crippen LogP contribution in [-0.4, -0.2) is 13.2 Å². The van der Waals surface area contributed by atoms with Crippen LogP contribution in [-0.2, 0) is 0 Å². The normalized spacial score (nSPS) is 12.2. The second-order valence-electron chi connectivity index (χ2n) is 4.51. The van der Waals surface area contributed by atoms with Crippen molar-refractivity contribution in [3.8, 4) is 5.75 Å². The first kappa shape index (κ1) is 14.9. The molecular weight excluding hydrogens is 270 g/mol. The van der Waals surface area contributed by atoms with Crippen molar-refractivity contribution in [2.45, 2.75) is 19.9 Å². The maximum Gasteiger partial charge on any atom is 0.119 e. The van der Waals surface area contributed by atoms with Gasteiger partial charge < -0.3 is 10.1 Å². The van der Waals surface area contributed by atoms with E-state index in [-0.39, 0.29) is 6.04 Å². The average molecular weight is 290 g/mol. The van der Waals surface area contributed by atoms with E-state index < -0.39 is 0 Å². The molecule has 0 heterocycles. The van der Waals surface area contributed by atoms with Crippen molar-refractivity contribution in [3.63, 3.8) is 0 Å². The first-order valence-corrected chi connectivity index (χ1v) is 7.34. The van der Waals surface area contributed by atoms with Crippen molar-refractivity contribution >= 4 is 11.6 Å². The minimum Gasteiger partial charge on any atom is -0.494 e. The Kier molecular flexibility index (Phi) is 5.45. The average Bonchev–Trinajstić information content (AvgIpc) is 2.47. The van der Waals surface area contributed by atoms with Crippen LogP contribution >= 0.6 is 11.6 Å². The first-order chi connectivity index (χ1) is 9.76. The largest absolute Gasteiger partial charge is 0.494 e. The maximum absolute atomic E-state index is 6.32. The second-order valence-corrected chi connectivity index (χ2v) is 4.92. The molecule has 0 aliphatic rings. The van der Waals surface area contributed by atoms with Gasteiger partial charge in [0.05, 0.1) is 12.6 Å². The second kappa shape index (κ2) is 7.32. The van der Waals surface area contributed by atoms with Gasteiger partial charge in [-0.3, -0.25) is 0 Å². The molecule has 1 unspecified atom stereocenters. The Hall–Kier alpha value is -1.51. The van der Waals surface area contributed by atoms with Crippen LogP contribution in [0.2, 0.25) is 5.02 Å². The van der Waals surface area contributed by atoms with E-state index in [1.165, 1.54) is 5.56 Å². The molecule has 0 spiro atoms. The molecule has 0 saturated carbocycles. The summed E-state index contributed by atoms with van der Waals surface area (Å²) in [4.78, 5) is 0. The molecule has 1 atom stereocenters. The molecule has 0 radical (unpaired) electrons. The van der Waals surface area contributed by atoms with Crippen LogP contribution in [0.5, 0.6) is 5.75 Å². The van der Waals surface area contributed by atoms with E-state index in [0.29, 0.717) is 6.61 Å². The summed E-state index contributed by atoms with van der Waals surface area (Å²) in [6.45, 7) is 5.64. The Balaban J connectivity index is 2.31. The topological polar surface area (TPSA) is 21.3 Å². The van der Waals surface area contributed by atoms with Crippen LogP contribution in [0.4, 0.5) is 0 Å². The predicted molar refractivity (Wildman–Crippen MR) is 84.6 cm³/mol. The summed E-state index contributed by atoms with van der Waals surface area (Å²) >= 11 is 6.32. The molecule has 0 bridgehead atoms. The molecule has 20 heavy (non-hydrogen) atoms. The van der Waals surface area contributed by atoms with Crippen molar-refractivity contribution in [2.24, 2.45) is 0 Å². The van der Waals surface area contributed by atoms with Gasteiger partial charge in [0, 0.05) is 5.02 Å². The SMILES string of the molecule is CCNC(c1ccc(OCC)cc1)c1ccccc1Cl. The van der Waals surface area contributed by atoms with Crippen LogP contribution in [0.25, 0.3) is 0 Å². The molecule has 0 fully saturated rings. The highest BCUT2D eigenvalue weighted by molar-refractivity contribution is 6.31. The zero-order chi connectivity index (χ0) is 14.4. The minimum absolute atomic E-state index is 0.101. The Morgan fingerprint density at radius 1 is 1.05 bits per heavy atom. The van der Waals surface area contributed by atoms with Crippen LogP contribution in [0.15, 0.2) is 48.5 Å². The number of halogens is 1. The molecule has 0 aromatic heterocycles. The first-order valence-electron chi connectivity index (χ1n) is 6.96. The standard InChI is InChI=1S/C17H20ClNO/c1-3-19-17(15-7-5-6-8-16(15)18)13-9-11-14(12-10-13)20-4-2/h5-12,17,19H,3-4H2,1-2H3. The van der Waals surface area contributed by atoms with Crippen molar-refractivity contribution in [2.75, 3.05) is 13.2 Å². The van der Waals surface area contributed by atoms with Crippen molar-refractivity contribution < 1.29 is 4.74 Å². The summed E-state index contributed by atoms with van der Waals surface area (Å²) in [6.07, 6.45) is 0. The van der Waals surface area contributed by atoms with Gasteiger partial charge in [0.25, 0.3) is 0 Å². The smallest absolute Gasteiger partial charge is 0.119 e. The molecule has 3 heteroatoms. The fourth-order valence-corrected chi connectivity index (χ4v) is 2.49. The summed E-state index contributed by atoms with van der Waals surface area (Å²) in [5.74, 6) is 0.894. The number of rotatable bonds is 6. The van der Waals surface area contributed by atoms with Gasteiger partial charge in [-0.05, 0) is 42.8 Å². The summed E-state index contributed by atoms with van der Waals surface area (Å²) in [7, 11) is 0. The number of benzene rings is 2. The summed E-state index contributed by atoms with van der Waals surface area (Å²) in [5, 5.41) is 4.27. The van der Waals surface area contributed by atoms with E-state index in [9.17, 15) is 0 Å². The number of hydrogen-bond acceptors (Lipinski definition) is 2. The van der Waals surface area contributed by atoms with Gasteiger partial charge in [-0.15, -0.1) is 0 Å². The van der Waals surface area contributed by atoms with Gasteiger partial charge >= 0.3 is 0 Å². The molecule has 2 aromatic rings. The summed E-state index contributed by atoms with van der Waals surface area (Å²) in [6, 6.07) is 16.2. The van der Waals surface area contributed by atoms with Gasteiger partial charge in [-0.2, -0.15) is 0 Å². The Morgan fingerprint density at radius 3 is 2.35 bits per heavy atom. The highest BCUT2D eigenvalue weighted by Gasteiger charge is 2.15. The molecule has 1 N–H and O–H groups in total. The van der Waals surface area contributed by atoms with E-state index in [2.05, 4.69) is 30.4 Å². The molecule has 0 saturated heterocycles. The molecule has 2 rings (SSSR count). The zero-order valence-corrected chi connectivity index (χ0v) is 12.7. The molecule has 106 valence electrons. The molecule has 2 nitrogen and oxygen atoms in total. The minimum atomic E-state index is 0.101. The van der Waals surface area contributed by atoms with E-state index in [4.69, 9.17) is 16.3 Å². The third-order valence-electron chi connectivity index (χ3n) is 3.15. The van der Waals surface area contributed by atoms with Gasteiger partial charge in [0.1, 0.15) is 5.75 Å². The molecule has 0 amide bonds. The fourth-order valence-electron chi connectivity index (χ4n) is 2.24. The summed E-state index contributed by atoms with van der Waals surface area (Å²) in [5.41, 5.74) is 2.28. The molecule has 2 aromatic carbocycles. The fraction of sp³-hybridized carbons (Fsp3) is 0.294. The van der Waals surface area contributed by atoms with Crippen LogP contribution in [0.3, 0.4) is 0 Å². The third-order valence-corrected chi connectivity index (χ3v) is 3.49. The van der Waals surface area contributed by atoms with Gasteiger partial charge in [0.15, 0.2) is 0 Å².